The summed E-state index contributed by atoms with van der Waals surface area (Å²) in [6.45, 7) is 5.01. The largest absolute Gasteiger partial charge is 0.497 e. The number of carbonyl (C=O) groups excluding carboxylic acids is 1. The Bertz CT molecular complexity index is 586. The summed E-state index contributed by atoms with van der Waals surface area (Å²) >= 11 is 0. The second-order valence-electron chi connectivity index (χ2n) is 5.84. The normalized spacial score (nSPS) is 20.4. The van der Waals surface area contributed by atoms with Gasteiger partial charge in [0.15, 0.2) is 0 Å². The number of amides is 1. The number of aliphatic carboxylic acids is 1. The first-order chi connectivity index (χ1) is 11.0. The topological polar surface area (TPSA) is 76.1 Å². The van der Waals surface area contributed by atoms with E-state index in [2.05, 4.69) is 0 Å². The summed E-state index contributed by atoms with van der Waals surface area (Å²) < 4.78 is 10.8. The molecule has 0 unspecified atom stereocenters. The molecule has 0 aromatic heterocycles. The maximum absolute atomic E-state index is 12.8. The molecule has 2 rings (SSSR count). The van der Waals surface area contributed by atoms with Gasteiger partial charge in [-0.25, -0.2) is 0 Å². The molecule has 1 aromatic rings. The predicted octanol–water partition coefficient (Wildman–Crippen LogP) is 2.28. The van der Waals surface area contributed by atoms with E-state index in [0.29, 0.717) is 30.2 Å². The van der Waals surface area contributed by atoms with E-state index in [9.17, 15) is 14.7 Å². The van der Waals surface area contributed by atoms with E-state index in [1.54, 1.807) is 30.2 Å². The van der Waals surface area contributed by atoms with E-state index in [1.165, 1.54) is 0 Å². The molecule has 0 bridgehead atoms. The highest BCUT2D eigenvalue weighted by molar-refractivity contribution is 5.97. The number of carbonyl (C=O) groups is 2. The van der Waals surface area contributed by atoms with Crippen LogP contribution in [0.2, 0.25) is 0 Å². The molecule has 1 saturated heterocycles. The number of carboxylic acids is 1. The zero-order valence-corrected chi connectivity index (χ0v) is 13.7. The lowest BCUT2D eigenvalue weighted by Gasteiger charge is -2.19. The predicted molar refractivity (Wildman–Crippen MR) is 85.0 cm³/mol. The van der Waals surface area contributed by atoms with Gasteiger partial charge in [0.25, 0.3) is 5.91 Å². The lowest BCUT2D eigenvalue weighted by Crippen LogP contribution is -2.30. The van der Waals surface area contributed by atoms with Crippen LogP contribution in [0.5, 0.6) is 11.5 Å². The van der Waals surface area contributed by atoms with Crippen LogP contribution in [0.15, 0.2) is 18.2 Å². The van der Waals surface area contributed by atoms with Crippen LogP contribution in [0.3, 0.4) is 0 Å². The standard InChI is InChI=1S/C17H23NO5/c1-4-7-23-15-8-12(22-3)5-6-13(15)16(19)18-9-11(2)14(10-18)17(20)21/h5-6,8,11,14H,4,7,9-10H2,1-3H3,(H,20,21)/t11-,14-/m1/s1. The average molecular weight is 321 g/mol. The van der Waals surface area contributed by atoms with Crippen molar-refractivity contribution in [1.82, 2.24) is 4.90 Å². The second kappa shape index (κ2) is 7.35. The Labute approximate surface area is 136 Å². The maximum Gasteiger partial charge on any atom is 0.308 e. The van der Waals surface area contributed by atoms with E-state index >= 15 is 0 Å². The van der Waals surface area contributed by atoms with Crippen molar-refractivity contribution in [2.75, 3.05) is 26.8 Å². The van der Waals surface area contributed by atoms with Gasteiger partial charge in [-0.05, 0) is 24.5 Å². The van der Waals surface area contributed by atoms with Crippen molar-refractivity contribution < 1.29 is 24.2 Å². The molecule has 0 radical (unpaired) electrons. The molecule has 1 N–H and O–H groups in total. The smallest absolute Gasteiger partial charge is 0.308 e. The van der Waals surface area contributed by atoms with E-state index in [4.69, 9.17) is 9.47 Å². The van der Waals surface area contributed by atoms with Gasteiger partial charge in [-0.1, -0.05) is 13.8 Å². The molecule has 2 atom stereocenters. The minimum atomic E-state index is -0.856. The van der Waals surface area contributed by atoms with Crippen LogP contribution in [0.4, 0.5) is 0 Å². The Morgan fingerprint density at radius 2 is 2.09 bits per heavy atom. The van der Waals surface area contributed by atoms with E-state index in [-0.39, 0.29) is 18.4 Å². The lowest BCUT2D eigenvalue weighted by atomic mass is 9.99. The summed E-state index contributed by atoms with van der Waals surface area (Å²) in [5.41, 5.74) is 0.442. The molecule has 6 nitrogen and oxygen atoms in total. The van der Waals surface area contributed by atoms with Gasteiger partial charge in [-0.3, -0.25) is 9.59 Å². The van der Waals surface area contributed by atoms with Crippen LogP contribution in [-0.4, -0.2) is 48.7 Å². The lowest BCUT2D eigenvalue weighted by molar-refractivity contribution is -0.142. The quantitative estimate of drug-likeness (QED) is 0.870. The van der Waals surface area contributed by atoms with Crippen molar-refractivity contribution in [2.24, 2.45) is 11.8 Å². The molecular formula is C17H23NO5. The van der Waals surface area contributed by atoms with Gasteiger partial charge in [-0.15, -0.1) is 0 Å². The summed E-state index contributed by atoms with van der Waals surface area (Å²) in [6, 6.07) is 5.07. The third-order valence-electron chi connectivity index (χ3n) is 4.10. The summed E-state index contributed by atoms with van der Waals surface area (Å²) in [7, 11) is 1.56. The van der Waals surface area contributed by atoms with Crippen molar-refractivity contribution in [3.05, 3.63) is 23.8 Å². The average Bonchev–Trinajstić information content (AvgIpc) is 2.94. The first kappa shape index (κ1) is 17.1. The zero-order valence-electron chi connectivity index (χ0n) is 13.7. The van der Waals surface area contributed by atoms with E-state index in [1.807, 2.05) is 13.8 Å². The fourth-order valence-electron chi connectivity index (χ4n) is 2.76. The Morgan fingerprint density at radius 3 is 2.65 bits per heavy atom. The third kappa shape index (κ3) is 3.75. The molecule has 1 aliphatic rings. The number of hydrogen-bond acceptors (Lipinski definition) is 4. The molecule has 1 heterocycles. The Balaban J connectivity index is 2.23. The highest BCUT2D eigenvalue weighted by Gasteiger charge is 2.37. The van der Waals surface area contributed by atoms with E-state index in [0.717, 1.165) is 6.42 Å². The van der Waals surface area contributed by atoms with Crippen LogP contribution in [0, 0.1) is 11.8 Å². The number of benzene rings is 1. The van der Waals surface area contributed by atoms with Gasteiger partial charge in [0, 0.05) is 19.2 Å². The first-order valence-corrected chi connectivity index (χ1v) is 7.80. The molecule has 1 fully saturated rings. The maximum atomic E-state index is 12.8. The number of likely N-dealkylation sites (tertiary alicyclic amines) is 1. The minimum Gasteiger partial charge on any atom is -0.497 e. The fourth-order valence-corrected chi connectivity index (χ4v) is 2.76. The number of ether oxygens (including phenoxy) is 2. The van der Waals surface area contributed by atoms with Crippen LogP contribution in [-0.2, 0) is 4.79 Å². The van der Waals surface area contributed by atoms with E-state index < -0.39 is 11.9 Å². The van der Waals surface area contributed by atoms with Crippen LogP contribution >= 0.6 is 0 Å². The zero-order chi connectivity index (χ0) is 17.0. The number of hydrogen-bond donors (Lipinski definition) is 1. The van der Waals surface area contributed by atoms with Gasteiger partial charge in [0.1, 0.15) is 11.5 Å². The van der Waals surface area contributed by atoms with Gasteiger partial charge < -0.3 is 19.5 Å². The molecule has 0 aliphatic carbocycles. The second-order valence-corrected chi connectivity index (χ2v) is 5.84. The Morgan fingerprint density at radius 1 is 1.35 bits per heavy atom. The minimum absolute atomic E-state index is 0.0605. The number of carboxylic acid groups (broad SMARTS) is 1. The molecule has 23 heavy (non-hydrogen) atoms. The van der Waals surface area contributed by atoms with Crippen molar-refractivity contribution in [3.63, 3.8) is 0 Å². The molecular weight excluding hydrogens is 298 g/mol. The molecule has 1 aliphatic heterocycles. The van der Waals surface area contributed by atoms with Crippen LogP contribution in [0.1, 0.15) is 30.6 Å². The Hall–Kier alpha value is -2.24. The SMILES string of the molecule is CCCOc1cc(OC)ccc1C(=O)N1C[C@@H](C)[C@H](C(=O)O)C1. The third-order valence-corrected chi connectivity index (χ3v) is 4.10. The molecule has 1 aromatic carbocycles. The highest BCUT2D eigenvalue weighted by atomic mass is 16.5. The number of methoxy groups -OCH3 is 1. The highest BCUT2D eigenvalue weighted by Crippen LogP contribution is 2.30. The van der Waals surface area contributed by atoms with Gasteiger partial charge in [0.2, 0.25) is 0 Å². The fraction of sp³-hybridized carbons (Fsp3) is 0.529. The molecule has 126 valence electrons. The summed E-state index contributed by atoms with van der Waals surface area (Å²) in [5.74, 6) is -0.542. The Kier molecular flexibility index (Phi) is 5.47. The van der Waals surface area contributed by atoms with Crippen LogP contribution < -0.4 is 9.47 Å². The first-order valence-electron chi connectivity index (χ1n) is 7.80. The van der Waals surface area contributed by atoms with Gasteiger partial charge >= 0.3 is 5.97 Å². The summed E-state index contributed by atoms with van der Waals surface area (Å²) in [5, 5.41) is 9.21. The molecule has 1 amide bonds. The number of nitrogens with zero attached hydrogens (tertiary/aromatic N) is 1. The van der Waals surface area contributed by atoms with Crippen molar-refractivity contribution >= 4 is 11.9 Å². The van der Waals surface area contributed by atoms with Crippen LogP contribution in [0.25, 0.3) is 0 Å². The summed E-state index contributed by atoms with van der Waals surface area (Å²) in [6.07, 6.45) is 0.826. The summed E-state index contributed by atoms with van der Waals surface area (Å²) in [4.78, 5) is 25.6. The molecule has 6 heteroatoms. The van der Waals surface area contributed by atoms with Gasteiger partial charge in [-0.2, -0.15) is 0 Å². The van der Waals surface area contributed by atoms with Crippen molar-refractivity contribution in [3.8, 4) is 11.5 Å². The molecule has 0 spiro atoms. The number of rotatable bonds is 6. The monoisotopic (exact) mass is 321 g/mol. The van der Waals surface area contributed by atoms with Gasteiger partial charge in [0.05, 0.1) is 25.2 Å². The van der Waals surface area contributed by atoms with Crippen molar-refractivity contribution in [1.29, 1.82) is 0 Å². The van der Waals surface area contributed by atoms with Crippen molar-refractivity contribution in [2.45, 2.75) is 20.3 Å². The molecule has 0 saturated carbocycles.